The van der Waals surface area contributed by atoms with Gasteiger partial charge in [0.05, 0.1) is 10.7 Å². The van der Waals surface area contributed by atoms with Gasteiger partial charge in [-0.3, -0.25) is 4.79 Å². The van der Waals surface area contributed by atoms with Gasteiger partial charge in [0.2, 0.25) is 0 Å². The number of anilines is 1. The molecule has 0 saturated carbocycles. The summed E-state index contributed by atoms with van der Waals surface area (Å²) in [5.74, 6) is 0.357. The second kappa shape index (κ2) is 4.23. The molecule has 0 atom stereocenters. The van der Waals surface area contributed by atoms with Gasteiger partial charge < -0.3 is 4.90 Å². The first-order valence-electron chi connectivity index (χ1n) is 5.20. The predicted molar refractivity (Wildman–Crippen MR) is 62.6 cm³/mol. The first-order valence-corrected chi connectivity index (χ1v) is 5.58. The molecule has 1 heterocycles. The second-order valence-corrected chi connectivity index (χ2v) is 4.34. The van der Waals surface area contributed by atoms with Crippen LogP contribution in [0.3, 0.4) is 0 Å². The van der Waals surface area contributed by atoms with Crippen LogP contribution in [-0.4, -0.2) is 18.9 Å². The van der Waals surface area contributed by atoms with Crippen LogP contribution in [0.2, 0.25) is 5.02 Å². The molecule has 15 heavy (non-hydrogen) atoms. The van der Waals surface area contributed by atoms with Crippen LogP contribution in [0.4, 0.5) is 5.69 Å². The van der Waals surface area contributed by atoms with Gasteiger partial charge in [0.15, 0.2) is 0 Å². The van der Waals surface area contributed by atoms with Gasteiger partial charge in [0.1, 0.15) is 5.78 Å². The van der Waals surface area contributed by atoms with E-state index in [0.717, 1.165) is 23.8 Å². The Hall–Kier alpha value is -1.02. The fourth-order valence-electron chi connectivity index (χ4n) is 2.00. The fraction of sp³-hybridized carbons (Fsp3) is 0.417. The summed E-state index contributed by atoms with van der Waals surface area (Å²) < 4.78 is 0. The highest BCUT2D eigenvalue weighted by Gasteiger charge is 2.19. The molecule has 1 fully saturated rings. The van der Waals surface area contributed by atoms with Crippen LogP contribution in [0.15, 0.2) is 18.2 Å². The molecule has 0 amide bonds. The van der Waals surface area contributed by atoms with Crippen LogP contribution < -0.4 is 4.90 Å². The van der Waals surface area contributed by atoms with Gasteiger partial charge in [-0.15, -0.1) is 0 Å². The predicted octanol–water partition coefficient (Wildman–Crippen LogP) is 2.82. The normalized spacial score (nSPS) is 16.9. The maximum atomic E-state index is 11.2. The molecule has 80 valence electrons. The number of piperidine rings is 1. The van der Waals surface area contributed by atoms with Crippen molar-refractivity contribution >= 4 is 23.1 Å². The zero-order valence-electron chi connectivity index (χ0n) is 8.79. The largest absolute Gasteiger partial charge is 0.369 e. The van der Waals surface area contributed by atoms with Gasteiger partial charge in [-0.05, 0) is 18.6 Å². The van der Waals surface area contributed by atoms with Crippen molar-refractivity contribution in [3.05, 3.63) is 28.8 Å². The van der Waals surface area contributed by atoms with Crippen LogP contribution in [0, 0.1) is 6.92 Å². The molecule has 2 rings (SSSR count). The number of hydrogen-bond donors (Lipinski definition) is 0. The Morgan fingerprint density at radius 1 is 1.27 bits per heavy atom. The Morgan fingerprint density at radius 3 is 2.53 bits per heavy atom. The lowest BCUT2D eigenvalue weighted by Crippen LogP contribution is -2.34. The van der Waals surface area contributed by atoms with Crippen molar-refractivity contribution in [2.45, 2.75) is 19.8 Å². The highest BCUT2D eigenvalue weighted by atomic mass is 35.5. The first-order chi connectivity index (χ1) is 7.18. The quantitative estimate of drug-likeness (QED) is 0.730. The Morgan fingerprint density at radius 2 is 1.93 bits per heavy atom. The molecule has 1 aromatic carbocycles. The van der Waals surface area contributed by atoms with E-state index in [9.17, 15) is 4.79 Å². The molecule has 1 aromatic rings. The summed E-state index contributed by atoms with van der Waals surface area (Å²) in [6, 6.07) is 5.91. The Kier molecular flexibility index (Phi) is 2.96. The number of benzene rings is 1. The number of rotatable bonds is 1. The van der Waals surface area contributed by atoms with Gasteiger partial charge in [-0.2, -0.15) is 0 Å². The lowest BCUT2D eigenvalue weighted by atomic mass is 10.1. The number of para-hydroxylation sites is 1. The zero-order valence-corrected chi connectivity index (χ0v) is 9.55. The van der Waals surface area contributed by atoms with Crippen LogP contribution in [0.5, 0.6) is 0 Å². The van der Waals surface area contributed by atoms with Crippen molar-refractivity contribution in [3.63, 3.8) is 0 Å². The third-order valence-corrected chi connectivity index (χ3v) is 3.13. The minimum Gasteiger partial charge on any atom is -0.369 e. The van der Waals surface area contributed by atoms with Gasteiger partial charge in [0.25, 0.3) is 0 Å². The summed E-state index contributed by atoms with van der Waals surface area (Å²) in [4.78, 5) is 13.4. The van der Waals surface area contributed by atoms with Crippen molar-refractivity contribution in [2.24, 2.45) is 0 Å². The molecule has 1 saturated heterocycles. The standard InChI is InChI=1S/C12H14ClNO/c1-9-3-2-4-11(13)12(9)14-7-5-10(15)6-8-14/h2-4H,5-8H2,1H3. The minimum atomic E-state index is 0.357. The number of ketones is 1. The Labute approximate surface area is 94.8 Å². The average molecular weight is 224 g/mol. The molecule has 0 spiro atoms. The Balaban J connectivity index is 2.26. The summed E-state index contributed by atoms with van der Waals surface area (Å²) in [5, 5.41) is 0.782. The van der Waals surface area contributed by atoms with Gasteiger partial charge >= 0.3 is 0 Å². The molecular weight excluding hydrogens is 210 g/mol. The van der Waals surface area contributed by atoms with Crippen molar-refractivity contribution in [3.8, 4) is 0 Å². The zero-order chi connectivity index (χ0) is 10.8. The van der Waals surface area contributed by atoms with E-state index in [1.165, 1.54) is 5.56 Å². The lowest BCUT2D eigenvalue weighted by Gasteiger charge is -2.30. The molecule has 0 unspecified atom stereocenters. The van der Waals surface area contributed by atoms with E-state index in [0.29, 0.717) is 18.6 Å². The third kappa shape index (κ3) is 2.15. The molecule has 0 radical (unpaired) electrons. The minimum absolute atomic E-state index is 0.357. The molecule has 3 heteroatoms. The van der Waals surface area contributed by atoms with Gasteiger partial charge in [-0.1, -0.05) is 23.7 Å². The molecule has 0 aromatic heterocycles. The number of hydrogen-bond acceptors (Lipinski definition) is 2. The van der Waals surface area contributed by atoms with Crippen molar-refractivity contribution in [1.29, 1.82) is 0 Å². The molecular formula is C12H14ClNO. The highest BCUT2D eigenvalue weighted by molar-refractivity contribution is 6.33. The molecule has 0 aliphatic carbocycles. The smallest absolute Gasteiger partial charge is 0.136 e. The average Bonchev–Trinajstić information content (AvgIpc) is 2.20. The van der Waals surface area contributed by atoms with Crippen LogP contribution >= 0.6 is 11.6 Å². The van der Waals surface area contributed by atoms with E-state index < -0.39 is 0 Å². The summed E-state index contributed by atoms with van der Waals surface area (Å²) in [6.07, 6.45) is 1.29. The van der Waals surface area contributed by atoms with Crippen LogP contribution in [-0.2, 0) is 4.79 Å². The number of aryl methyl sites for hydroxylation is 1. The number of carbonyl (C=O) groups excluding carboxylic acids is 1. The SMILES string of the molecule is Cc1cccc(Cl)c1N1CCC(=O)CC1. The summed E-state index contributed by atoms with van der Waals surface area (Å²) in [7, 11) is 0. The van der Waals surface area contributed by atoms with E-state index in [4.69, 9.17) is 11.6 Å². The van der Waals surface area contributed by atoms with Gasteiger partial charge in [0, 0.05) is 25.9 Å². The van der Waals surface area contributed by atoms with E-state index >= 15 is 0 Å². The van der Waals surface area contributed by atoms with Crippen molar-refractivity contribution in [1.82, 2.24) is 0 Å². The van der Waals surface area contributed by atoms with E-state index in [1.54, 1.807) is 0 Å². The van der Waals surface area contributed by atoms with Crippen LogP contribution in [0.1, 0.15) is 18.4 Å². The summed E-state index contributed by atoms with van der Waals surface area (Å²) in [6.45, 7) is 3.64. The lowest BCUT2D eigenvalue weighted by molar-refractivity contribution is -0.119. The molecule has 0 N–H and O–H groups in total. The van der Waals surface area contributed by atoms with E-state index in [1.807, 2.05) is 12.1 Å². The topological polar surface area (TPSA) is 20.3 Å². The Bertz CT molecular complexity index is 359. The maximum absolute atomic E-state index is 11.2. The number of Topliss-reactive ketones (excluding diaryl/α,β-unsaturated/α-hetero) is 1. The van der Waals surface area contributed by atoms with Crippen molar-refractivity contribution < 1.29 is 4.79 Å². The van der Waals surface area contributed by atoms with E-state index in [2.05, 4.69) is 17.9 Å². The highest BCUT2D eigenvalue weighted by Crippen LogP contribution is 2.30. The van der Waals surface area contributed by atoms with E-state index in [-0.39, 0.29) is 0 Å². The monoisotopic (exact) mass is 223 g/mol. The fourth-order valence-corrected chi connectivity index (χ4v) is 2.34. The summed E-state index contributed by atoms with van der Waals surface area (Å²) >= 11 is 6.17. The first kappa shape index (κ1) is 10.5. The third-order valence-electron chi connectivity index (χ3n) is 2.83. The molecule has 0 bridgehead atoms. The van der Waals surface area contributed by atoms with Crippen LogP contribution in [0.25, 0.3) is 0 Å². The van der Waals surface area contributed by atoms with Gasteiger partial charge in [-0.25, -0.2) is 0 Å². The second-order valence-electron chi connectivity index (χ2n) is 3.93. The number of carbonyl (C=O) groups is 1. The molecule has 1 aliphatic heterocycles. The number of halogens is 1. The summed E-state index contributed by atoms with van der Waals surface area (Å²) in [5.41, 5.74) is 2.27. The molecule has 1 aliphatic rings. The van der Waals surface area contributed by atoms with Crippen molar-refractivity contribution in [2.75, 3.05) is 18.0 Å². The maximum Gasteiger partial charge on any atom is 0.136 e. The molecule has 2 nitrogen and oxygen atoms in total. The number of nitrogens with zero attached hydrogens (tertiary/aromatic N) is 1.